The van der Waals surface area contributed by atoms with Crippen LogP contribution < -0.4 is 4.74 Å². The van der Waals surface area contributed by atoms with Crippen molar-refractivity contribution in [1.29, 1.82) is 0 Å². The lowest BCUT2D eigenvalue weighted by Gasteiger charge is -2.33. The third-order valence-corrected chi connectivity index (χ3v) is 6.48. The summed E-state index contributed by atoms with van der Waals surface area (Å²) in [5, 5.41) is 6.66. The number of carbonyl (C=O) groups excluding carboxylic acids is 1. The van der Waals surface area contributed by atoms with Gasteiger partial charge >= 0.3 is 0 Å². The number of rotatable bonds is 5. The van der Waals surface area contributed by atoms with E-state index in [1.54, 1.807) is 0 Å². The maximum absolute atomic E-state index is 13.7. The molecule has 2 heterocycles. The van der Waals surface area contributed by atoms with Crippen LogP contribution in [0.5, 0.6) is 5.75 Å². The Labute approximate surface area is 203 Å². The Morgan fingerprint density at radius 2 is 1.85 bits per heavy atom. The molecule has 1 amide bonds. The summed E-state index contributed by atoms with van der Waals surface area (Å²) in [6.07, 6.45) is -0.206. The van der Waals surface area contributed by atoms with E-state index in [9.17, 15) is 4.79 Å². The number of aryl methyl sites for hydroxylation is 2. The Kier molecular flexibility index (Phi) is 6.26. The topological polar surface area (TPSA) is 64.8 Å². The zero-order valence-electron chi connectivity index (χ0n) is 19.1. The molecule has 1 aliphatic heterocycles. The summed E-state index contributed by atoms with van der Waals surface area (Å²) in [6, 6.07) is 19.3. The molecule has 1 fully saturated rings. The number of hydrogen-bond acceptors (Lipinski definition) is 5. The van der Waals surface area contributed by atoms with Crippen LogP contribution in [0.1, 0.15) is 39.0 Å². The van der Waals surface area contributed by atoms with E-state index in [0.717, 1.165) is 27.6 Å². The number of halogens is 1. The molecular formula is C27H25ClN2O4. The summed E-state index contributed by atoms with van der Waals surface area (Å²) in [4.78, 5) is 15.6. The summed E-state index contributed by atoms with van der Waals surface area (Å²) in [5.74, 6) is 1.17. The maximum atomic E-state index is 13.7. The highest BCUT2D eigenvalue weighted by atomic mass is 35.5. The van der Waals surface area contributed by atoms with Gasteiger partial charge in [-0.25, -0.2) is 0 Å². The molecule has 0 saturated carbocycles. The zero-order valence-corrected chi connectivity index (χ0v) is 19.8. The third kappa shape index (κ3) is 4.52. The Balaban J connectivity index is 1.44. The van der Waals surface area contributed by atoms with Gasteiger partial charge in [-0.2, -0.15) is 0 Å². The number of morpholine rings is 1. The number of fused-ring (bicyclic) bond motifs is 1. The fraction of sp³-hybridized carbons (Fsp3) is 0.259. The first-order chi connectivity index (χ1) is 16.5. The Hall–Kier alpha value is -3.35. The normalized spacial score (nSPS) is 16.1. The van der Waals surface area contributed by atoms with Gasteiger partial charge < -0.3 is 18.9 Å². The minimum atomic E-state index is -0.206. The van der Waals surface area contributed by atoms with Crippen molar-refractivity contribution >= 4 is 28.3 Å². The van der Waals surface area contributed by atoms with Crippen LogP contribution in [0.25, 0.3) is 10.8 Å². The third-order valence-electron chi connectivity index (χ3n) is 6.23. The molecule has 3 aromatic carbocycles. The van der Waals surface area contributed by atoms with Gasteiger partial charge in [-0.3, -0.25) is 4.79 Å². The molecule has 4 aromatic rings. The molecule has 6 nitrogen and oxygen atoms in total. The monoisotopic (exact) mass is 476 g/mol. The number of benzene rings is 3. The molecule has 0 radical (unpaired) electrons. The second-order valence-corrected chi connectivity index (χ2v) is 8.89. The second kappa shape index (κ2) is 9.49. The summed E-state index contributed by atoms with van der Waals surface area (Å²) in [5.41, 5.74) is 3.20. The van der Waals surface area contributed by atoms with Gasteiger partial charge in [0.1, 0.15) is 24.2 Å². The van der Waals surface area contributed by atoms with Crippen LogP contribution in [-0.4, -0.2) is 35.7 Å². The molecule has 0 aliphatic carbocycles. The van der Waals surface area contributed by atoms with Crippen molar-refractivity contribution in [2.75, 3.05) is 19.7 Å². The van der Waals surface area contributed by atoms with Gasteiger partial charge in [-0.1, -0.05) is 53.2 Å². The summed E-state index contributed by atoms with van der Waals surface area (Å²) in [7, 11) is 0. The highest BCUT2D eigenvalue weighted by Gasteiger charge is 2.28. The standard InChI is InChI=1S/C27H25ClN2O4/c1-17-24(18(2)34-29-17)16-33-25-14-21-6-4-3-5-20(21)13-23(25)27(31)30-11-12-32-26(15-30)19-7-9-22(28)10-8-19/h3-10,13-14,26H,11-12,15-16H2,1-2H3. The van der Waals surface area contributed by atoms with Gasteiger partial charge in [0, 0.05) is 11.6 Å². The largest absolute Gasteiger partial charge is 0.488 e. The molecule has 5 rings (SSSR count). The van der Waals surface area contributed by atoms with Crippen LogP contribution in [0.4, 0.5) is 0 Å². The second-order valence-electron chi connectivity index (χ2n) is 8.45. The average molecular weight is 477 g/mol. The van der Waals surface area contributed by atoms with Crippen LogP contribution in [-0.2, 0) is 11.3 Å². The number of amides is 1. The first-order valence-electron chi connectivity index (χ1n) is 11.2. The number of ether oxygens (including phenoxy) is 2. The molecule has 1 atom stereocenters. The fourth-order valence-corrected chi connectivity index (χ4v) is 4.37. The predicted octanol–water partition coefficient (Wildman–Crippen LogP) is 5.89. The molecule has 1 aromatic heterocycles. The number of hydrogen-bond donors (Lipinski definition) is 0. The van der Waals surface area contributed by atoms with E-state index in [2.05, 4.69) is 5.16 Å². The average Bonchev–Trinajstić information content (AvgIpc) is 3.19. The Morgan fingerprint density at radius 1 is 1.12 bits per heavy atom. The molecule has 7 heteroatoms. The highest BCUT2D eigenvalue weighted by molar-refractivity contribution is 6.30. The van der Waals surface area contributed by atoms with Gasteiger partial charge in [0.05, 0.1) is 30.0 Å². The lowest BCUT2D eigenvalue weighted by Crippen LogP contribution is -2.42. The minimum absolute atomic E-state index is 0.0817. The van der Waals surface area contributed by atoms with Gasteiger partial charge in [0.2, 0.25) is 0 Å². The quantitative estimate of drug-likeness (QED) is 0.359. The number of carbonyl (C=O) groups is 1. The first kappa shape index (κ1) is 22.4. The van der Waals surface area contributed by atoms with E-state index in [4.69, 9.17) is 25.6 Å². The Bertz CT molecular complexity index is 1310. The fourth-order valence-electron chi connectivity index (χ4n) is 4.25. The van der Waals surface area contributed by atoms with Crippen molar-refractivity contribution in [2.24, 2.45) is 0 Å². The van der Waals surface area contributed by atoms with E-state index in [1.165, 1.54) is 0 Å². The van der Waals surface area contributed by atoms with Crippen LogP contribution in [0.2, 0.25) is 5.02 Å². The van der Waals surface area contributed by atoms with Crippen molar-refractivity contribution in [2.45, 2.75) is 26.6 Å². The highest BCUT2D eigenvalue weighted by Crippen LogP contribution is 2.31. The van der Waals surface area contributed by atoms with E-state index in [0.29, 0.717) is 41.8 Å². The lowest BCUT2D eigenvalue weighted by atomic mass is 10.0. The zero-order chi connectivity index (χ0) is 23.7. The van der Waals surface area contributed by atoms with Gasteiger partial charge in [-0.15, -0.1) is 0 Å². The van der Waals surface area contributed by atoms with Crippen molar-refractivity contribution in [1.82, 2.24) is 10.1 Å². The molecule has 0 bridgehead atoms. The minimum Gasteiger partial charge on any atom is -0.488 e. The SMILES string of the molecule is Cc1noc(C)c1COc1cc2ccccc2cc1C(=O)N1CCOC(c2ccc(Cl)cc2)C1. The van der Waals surface area contributed by atoms with Crippen LogP contribution in [0.15, 0.2) is 65.2 Å². The summed E-state index contributed by atoms with van der Waals surface area (Å²) in [6.45, 7) is 5.44. The number of nitrogens with zero attached hydrogens (tertiary/aromatic N) is 2. The maximum Gasteiger partial charge on any atom is 0.257 e. The molecule has 0 spiro atoms. The predicted molar refractivity (Wildman–Crippen MR) is 130 cm³/mol. The molecular weight excluding hydrogens is 452 g/mol. The van der Waals surface area contributed by atoms with Crippen molar-refractivity contribution in [3.05, 3.63) is 93.8 Å². The number of aromatic nitrogens is 1. The van der Waals surface area contributed by atoms with Crippen molar-refractivity contribution in [3.8, 4) is 5.75 Å². The van der Waals surface area contributed by atoms with E-state index in [-0.39, 0.29) is 18.6 Å². The Morgan fingerprint density at radius 3 is 2.56 bits per heavy atom. The van der Waals surface area contributed by atoms with Crippen LogP contribution in [0, 0.1) is 13.8 Å². The smallest absolute Gasteiger partial charge is 0.257 e. The van der Waals surface area contributed by atoms with Crippen LogP contribution in [0.3, 0.4) is 0 Å². The summed E-state index contributed by atoms with van der Waals surface area (Å²) < 4.78 is 17.4. The first-order valence-corrected chi connectivity index (χ1v) is 11.6. The molecule has 0 N–H and O–H groups in total. The van der Waals surface area contributed by atoms with E-state index < -0.39 is 0 Å². The van der Waals surface area contributed by atoms with E-state index >= 15 is 0 Å². The molecule has 34 heavy (non-hydrogen) atoms. The molecule has 174 valence electrons. The lowest BCUT2D eigenvalue weighted by molar-refractivity contribution is -0.0229. The summed E-state index contributed by atoms with van der Waals surface area (Å²) >= 11 is 6.03. The van der Waals surface area contributed by atoms with Crippen LogP contribution >= 0.6 is 11.6 Å². The molecule has 1 saturated heterocycles. The van der Waals surface area contributed by atoms with Crippen molar-refractivity contribution < 1.29 is 18.8 Å². The molecule has 1 aliphatic rings. The van der Waals surface area contributed by atoms with Crippen molar-refractivity contribution in [3.63, 3.8) is 0 Å². The molecule has 1 unspecified atom stereocenters. The van der Waals surface area contributed by atoms with Gasteiger partial charge in [0.25, 0.3) is 5.91 Å². The van der Waals surface area contributed by atoms with Gasteiger partial charge in [0.15, 0.2) is 0 Å². The van der Waals surface area contributed by atoms with E-state index in [1.807, 2.05) is 79.4 Å². The van der Waals surface area contributed by atoms with Gasteiger partial charge in [-0.05, 0) is 54.4 Å².